The Hall–Kier alpha value is -2.82. The van der Waals surface area contributed by atoms with Gasteiger partial charge in [-0.05, 0) is 0 Å². The van der Waals surface area contributed by atoms with E-state index in [9.17, 15) is 0 Å². The van der Waals surface area contributed by atoms with Crippen LogP contribution in [0.2, 0.25) is 0 Å². The zero-order valence-corrected chi connectivity index (χ0v) is 22.8. The Labute approximate surface area is 208 Å². The van der Waals surface area contributed by atoms with E-state index >= 15 is 0 Å². The van der Waals surface area contributed by atoms with Crippen LogP contribution >= 0.6 is 0 Å². The molecule has 0 aliphatic rings. The number of rotatable bonds is 10. The minimum atomic E-state index is -3.35. The molecule has 2 nitrogen and oxygen atoms in total. The molecule has 4 aromatic rings. The molecule has 0 radical (unpaired) electrons. The first kappa shape index (κ1) is 24.3. The van der Waals surface area contributed by atoms with Crippen LogP contribution < -0.4 is 17.0 Å². The van der Waals surface area contributed by atoms with Gasteiger partial charge in [0.2, 0.25) is 0 Å². The van der Waals surface area contributed by atoms with Crippen LogP contribution in [0, 0.1) is 0 Å². The second kappa shape index (κ2) is 11.5. The number of para-hydroxylation sites is 1. The average molecular weight is 509 g/mol. The summed E-state index contributed by atoms with van der Waals surface area (Å²) < 4.78 is 7.25. The van der Waals surface area contributed by atoms with Gasteiger partial charge in [0, 0.05) is 0 Å². The first-order chi connectivity index (χ1) is 16.7. The molecule has 4 rings (SSSR count). The van der Waals surface area contributed by atoms with E-state index in [1.165, 1.54) is 30.9 Å². The minimum absolute atomic E-state index is 0.926. The van der Waals surface area contributed by atoms with Crippen LogP contribution in [0.1, 0.15) is 25.3 Å². The Morgan fingerprint density at radius 3 is 1.47 bits per heavy atom. The van der Waals surface area contributed by atoms with Gasteiger partial charge in [0.1, 0.15) is 0 Å². The Bertz CT molecular complexity index is 1050. The first-order valence-electron chi connectivity index (χ1n) is 12.3. The van der Waals surface area contributed by atoms with Crippen molar-refractivity contribution in [3.05, 3.63) is 121 Å². The van der Waals surface area contributed by atoms with Crippen LogP contribution in [-0.2, 0) is 6.54 Å². The van der Waals surface area contributed by atoms with E-state index in [0.717, 1.165) is 19.5 Å². The fourth-order valence-electron chi connectivity index (χ4n) is 5.04. The summed E-state index contributed by atoms with van der Waals surface area (Å²) in [5.74, 6) is 0. The van der Waals surface area contributed by atoms with Gasteiger partial charge >= 0.3 is 209 Å². The fourth-order valence-corrected chi connectivity index (χ4v) is 15.6. The number of nitrogens with zero attached hydrogens (tertiary/aromatic N) is 2. The summed E-state index contributed by atoms with van der Waals surface area (Å²) in [6.45, 7) is 4.27. The van der Waals surface area contributed by atoms with Gasteiger partial charge in [0.15, 0.2) is 0 Å². The van der Waals surface area contributed by atoms with Crippen LogP contribution in [-0.4, -0.2) is 39.0 Å². The third-order valence-corrected chi connectivity index (χ3v) is 16.5. The van der Waals surface area contributed by atoms with Crippen molar-refractivity contribution in [2.24, 2.45) is 0 Å². The van der Waals surface area contributed by atoms with Gasteiger partial charge < -0.3 is 0 Å². The van der Waals surface area contributed by atoms with Crippen molar-refractivity contribution in [3.8, 4) is 0 Å². The van der Waals surface area contributed by atoms with Crippen molar-refractivity contribution in [2.45, 2.75) is 26.3 Å². The zero-order chi connectivity index (χ0) is 23.8. The molecular formula is C31H36GeN2. The monoisotopic (exact) mass is 510 g/mol. The molecule has 0 aliphatic carbocycles. The maximum absolute atomic E-state index is 3.35. The molecule has 0 fully saturated rings. The SMILES string of the molecule is CCCC[N](c1ccccc1CN(C)C)[Ge]([c]1ccccc1)([c]1ccccc1)[c]1ccccc1. The van der Waals surface area contributed by atoms with E-state index in [2.05, 4.69) is 145 Å². The van der Waals surface area contributed by atoms with E-state index in [1.54, 1.807) is 0 Å². The Balaban J connectivity index is 2.09. The van der Waals surface area contributed by atoms with Crippen molar-refractivity contribution < 1.29 is 0 Å². The summed E-state index contributed by atoms with van der Waals surface area (Å²) in [7, 11) is 4.32. The molecule has 0 aliphatic heterocycles. The van der Waals surface area contributed by atoms with Gasteiger partial charge in [-0.3, -0.25) is 0 Å². The molecule has 0 saturated carbocycles. The van der Waals surface area contributed by atoms with E-state index in [1.807, 2.05) is 0 Å². The summed E-state index contributed by atoms with van der Waals surface area (Å²) in [5, 5.41) is 0. The van der Waals surface area contributed by atoms with Crippen molar-refractivity contribution in [1.29, 1.82) is 0 Å². The van der Waals surface area contributed by atoms with Gasteiger partial charge in [0.25, 0.3) is 0 Å². The summed E-state index contributed by atoms with van der Waals surface area (Å²) in [5.41, 5.74) is 2.77. The van der Waals surface area contributed by atoms with Crippen LogP contribution in [0.15, 0.2) is 115 Å². The molecule has 34 heavy (non-hydrogen) atoms. The van der Waals surface area contributed by atoms with Crippen molar-refractivity contribution >= 4 is 32.4 Å². The van der Waals surface area contributed by atoms with Gasteiger partial charge in [-0.2, -0.15) is 0 Å². The molecular weight excluding hydrogens is 473 g/mol. The zero-order valence-electron chi connectivity index (χ0n) is 20.7. The van der Waals surface area contributed by atoms with Gasteiger partial charge in [-0.1, -0.05) is 0 Å². The van der Waals surface area contributed by atoms with E-state index in [4.69, 9.17) is 0 Å². The fraction of sp³-hybridized carbons (Fsp3) is 0.226. The maximum atomic E-state index is 2.85. The normalized spacial score (nSPS) is 11.5. The number of unbranched alkanes of at least 4 members (excludes halogenated alkanes) is 1. The Morgan fingerprint density at radius 1 is 0.588 bits per heavy atom. The summed E-state index contributed by atoms with van der Waals surface area (Å²) >= 11 is -3.35. The molecule has 0 saturated heterocycles. The second-order valence-electron chi connectivity index (χ2n) is 9.18. The molecule has 0 atom stereocenters. The Kier molecular flexibility index (Phi) is 8.26. The van der Waals surface area contributed by atoms with Gasteiger partial charge in [-0.25, -0.2) is 0 Å². The molecule has 4 aromatic carbocycles. The quantitative estimate of drug-likeness (QED) is 0.277. The van der Waals surface area contributed by atoms with Crippen LogP contribution in [0.4, 0.5) is 5.69 Å². The predicted octanol–water partition coefficient (Wildman–Crippen LogP) is 5.02. The van der Waals surface area contributed by atoms with E-state index < -0.39 is 13.5 Å². The predicted molar refractivity (Wildman–Crippen MR) is 150 cm³/mol. The van der Waals surface area contributed by atoms with Crippen LogP contribution in [0.3, 0.4) is 0 Å². The molecule has 0 heterocycles. The molecule has 174 valence electrons. The summed E-state index contributed by atoms with van der Waals surface area (Å²) in [6.07, 6.45) is 2.33. The molecule has 0 amide bonds. The third-order valence-electron chi connectivity index (χ3n) is 6.48. The molecule has 0 spiro atoms. The van der Waals surface area contributed by atoms with Crippen LogP contribution in [0.5, 0.6) is 0 Å². The number of benzene rings is 4. The number of anilines is 1. The third kappa shape index (κ3) is 4.99. The average Bonchev–Trinajstić information content (AvgIpc) is 2.88. The Morgan fingerprint density at radius 2 is 1.03 bits per heavy atom. The van der Waals surface area contributed by atoms with E-state index in [0.29, 0.717) is 0 Å². The first-order valence-corrected chi connectivity index (χ1v) is 16.4. The molecule has 3 heteroatoms. The molecule has 0 aromatic heterocycles. The molecule has 0 bridgehead atoms. The van der Waals surface area contributed by atoms with Crippen LogP contribution in [0.25, 0.3) is 0 Å². The van der Waals surface area contributed by atoms with Crippen molar-refractivity contribution in [1.82, 2.24) is 4.90 Å². The van der Waals surface area contributed by atoms with Crippen molar-refractivity contribution in [3.63, 3.8) is 0 Å². The van der Waals surface area contributed by atoms with Gasteiger partial charge in [0.05, 0.1) is 0 Å². The molecule has 0 unspecified atom stereocenters. The summed E-state index contributed by atoms with van der Waals surface area (Å²) in [4.78, 5) is 2.28. The number of hydrogen-bond acceptors (Lipinski definition) is 2. The molecule has 0 N–H and O–H groups in total. The summed E-state index contributed by atoms with van der Waals surface area (Å²) in [6, 6.07) is 43.0. The van der Waals surface area contributed by atoms with Crippen molar-refractivity contribution in [2.75, 3.05) is 24.5 Å². The standard InChI is InChI=1S/C31H36GeN2/c1-4-5-25-34(31-24-16-15-17-27(31)26-33(2)3)32(28-18-9-6-10-19-28,29-20-11-7-12-21-29)30-22-13-8-14-23-30/h6-24H,4-5,25-26H2,1-3H3. The topological polar surface area (TPSA) is 6.48 Å². The van der Waals surface area contributed by atoms with E-state index in [-0.39, 0.29) is 0 Å². The second-order valence-corrected chi connectivity index (χ2v) is 16.9. The van der Waals surface area contributed by atoms with Gasteiger partial charge in [-0.15, -0.1) is 0 Å². The number of hydrogen-bond donors (Lipinski definition) is 0.